The van der Waals surface area contributed by atoms with Crippen LogP contribution in [0, 0.1) is 0 Å². The first kappa shape index (κ1) is 10.4. The first-order chi connectivity index (χ1) is 6.73. The standard InChI is InChI=1S/C12H23NO/c1-2-8-12(14)9-13(10-12)11-6-4-3-5-7-11/h11,14H,2-10H2,1H3. The zero-order valence-electron chi connectivity index (χ0n) is 9.34. The molecule has 1 aliphatic heterocycles. The van der Waals surface area contributed by atoms with Crippen molar-refractivity contribution in [3.63, 3.8) is 0 Å². The number of likely N-dealkylation sites (tertiary alicyclic amines) is 1. The van der Waals surface area contributed by atoms with Gasteiger partial charge in [-0.1, -0.05) is 32.6 Å². The molecular weight excluding hydrogens is 174 g/mol. The third-order valence-electron chi connectivity index (χ3n) is 3.80. The SMILES string of the molecule is CCCC1(O)CN(C2CCCCC2)C1. The van der Waals surface area contributed by atoms with E-state index in [9.17, 15) is 5.11 Å². The van der Waals surface area contributed by atoms with Crippen LogP contribution in [0.5, 0.6) is 0 Å². The number of β-amino-alcohol motifs (C(OH)–C–C–N with tert-alkyl or cyclic N) is 1. The van der Waals surface area contributed by atoms with Gasteiger partial charge in [-0.25, -0.2) is 0 Å². The van der Waals surface area contributed by atoms with Gasteiger partial charge in [0.2, 0.25) is 0 Å². The van der Waals surface area contributed by atoms with Gasteiger partial charge in [-0.2, -0.15) is 0 Å². The van der Waals surface area contributed by atoms with Crippen LogP contribution in [0.4, 0.5) is 0 Å². The lowest BCUT2D eigenvalue weighted by Gasteiger charge is -2.51. The lowest BCUT2D eigenvalue weighted by Crippen LogP contribution is -2.64. The largest absolute Gasteiger partial charge is 0.387 e. The van der Waals surface area contributed by atoms with Gasteiger partial charge < -0.3 is 5.11 Å². The molecule has 2 rings (SSSR count). The van der Waals surface area contributed by atoms with Crippen molar-refractivity contribution in [3.8, 4) is 0 Å². The first-order valence-electron chi connectivity index (χ1n) is 6.20. The van der Waals surface area contributed by atoms with Gasteiger partial charge in [0, 0.05) is 19.1 Å². The summed E-state index contributed by atoms with van der Waals surface area (Å²) >= 11 is 0. The molecule has 82 valence electrons. The van der Waals surface area contributed by atoms with E-state index >= 15 is 0 Å². The monoisotopic (exact) mass is 197 g/mol. The Bertz CT molecular complexity index is 181. The Morgan fingerprint density at radius 3 is 2.43 bits per heavy atom. The molecule has 0 bridgehead atoms. The summed E-state index contributed by atoms with van der Waals surface area (Å²) in [5, 5.41) is 10.1. The van der Waals surface area contributed by atoms with Crippen molar-refractivity contribution < 1.29 is 5.11 Å². The maximum atomic E-state index is 10.1. The van der Waals surface area contributed by atoms with Crippen molar-refractivity contribution in [1.82, 2.24) is 4.90 Å². The topological polar surface area (TPSA) is 23.5 Å². The van der Waals surface area contributed by atoms with Gasteiger partial charge in [-0.15, -0.1) is 0 Å². The molecule has 0 aromatic heterocycles. The minimum atomic E-state index is -0.327. The minimum Gasteiger partial charge on any atom is -0.387 e. The van der Waals surface area contributed by atoms with Gasteiger partial charge in [0.25, 0.3) is 0 Å². The van der Waals surface area contributed by atoms with Gasteiger partial charge in [-0.3, -0.25) is 4.90 Å². The normalized spacial score (nSPS) is 28.7. The molecule has 0 atom stereocenters. The van der Waals surface area contributed by atoms with Crippen LogP contribution in [0.2, 0.25) is 0 Å². The molecule has 14 heavy (non-hydrogen) atoms. The van der Waals surface area contributed by atoms with E-state index in [-0.39, 0.29) is 5.60 Å². The summed E-state index contributed by atoms with van der Waals surface area (Å²) in [6.07, 6.45) is 9.03. The molecule has 1 N–H and O–H groups in total. The molecule has 0 aromatic carbocycles. The van der Waals surface area contributed by atoms with Crippen molar-refractivity contribution in [2.45, 2.75) is 63.5 Å². The highest BCUT2D eigenvalue weighted by atomic mass is 16.3. The van der Waals surface area contributed by atoms with Crippen LogP contribution in [-0.2, 0) is 0 Å². The molecule has 0 aromatic rings. The van der Waals surface area contributed by atoms with Gasteiger partial charge in [-0.05, 0) is 19.3 Å². The van der Waals surface area contributed by atoms with Crippen LogP contribution < -0.4 is 0 Å². The molecule has 0 spiro atoms. The van der Waals surface area contributed by atoms with Gasteiger partial charge in [0.05, 0.1) is 5.60 Å². The minimum absolute atomic E-state index is 0.327. The van der Waals surface area contributed by atoms with E-state index in [0.717, 1.165) is 32.0 Å². The van der Waals surface area contributed by atoms with E-state index in [0.29, 0.717) is 0 Å². The van der Waals surface area contributed by atoms with Crippen molar-refractivity contribution in [2.24, 2.45) is 0 Å². The number of hydrogen-bond acceptors (Lipinski definition) is 2. The highest BCUT2D eigenvalue weighted by Gasteiger charge is 2.42. The second kappa shape index (κ2) is 4.19. The van der Waals surface area contributed by atoms with Crippen molar-refractivity contribution in [3.05, 3.63) is 0 Å². The van der Waals surface area contributed by atoms with Crippen LogP contribution in [0.25, 0.3) is 0 Å². The first-order valence-corrected chi connectivity index (χ1v) is 6.20. The summed E-state index contributed by atoms with van der Waals surface area (Å²) in [6, 6.07) is 0.792. The summed E-state index contributed by atoms with van der Waals surface area (Å²) in [5.41, 5.74) is -0.327. The van der Waals surface area contributed by atoms with E-state index in [1.807, 2.05) is 0 Å². The summed E-state index contributed by atoms with van der Waals surface area (Å²) in [4.78, 5) is 2.49. The highest BCUT2D eigenvalue weighted by molar-refractivity contribution is 4.98. The molecule has 2 aliphatic rings. The van der Waals surface area contributed by atoms with E-state index in [1.54, 1.807) is 0 Å². The summed E-state index contributed by atoms with van der Waals surface area (Å²) in [5.74, 6) is 0. The van der Waals surface area contributed by atoms with Crippen LogP contribution in [0.15, 0.2) is 0 Å². The molecule has 1 saturated carbocycles. The maximum Gasteiger partial charge on any atom is 0.0900 e. The molecule has 2 nitrogen and oxygen atoms in total. The van der Waals surface area contributed by atoms with Crippen molar-refractivity contribution >= 4 is 0 Å². The molecule has 0 amide bonds. The Labute approximate surface area is 87.3 Å². The summed E-state index contributed by atoms with van der Waals surface area (Å²) in [7, 11) is 0. The van der Waals surface area contributed by atoms with Crippen molar-refractivity contribution in [1.29, 1.82) is 0 Å². The quantitative estimate of drug-likeness (QED) is 0.749. The predicted molar refractivity (Wildman–Crippen MR) is 58.3 cm³/mol. The van der Waals surface area contributed by atoms with Crippen LogP contribution >= 0.6 is 0 Å². The Morgan fingerprint density at radius 2 is 1.86 bits per heavy atom. The smallest absolute Gasteiger partial charge is 0.0900 e. The number of hydrogen-bond donors (Lipinski definition) is 1. The Balaban J connectivity index is 1.75. The average Bonchev–Trinajstić information content (AvgIpc) is 2.16. The lowest BCUT2D eigenvalue weighted by atomic mass is 9.84. The van der Waals surface area contributed by atoms with Crippen molar-refractivity contribution in [2.75, 3.05) is 13.1 Å². The molecule has 0 radical (unpaired) electrons. The number of rotatable bonds is 3. The van der Waals surface area contributed by atoms with Crippen LogP contribution in [0.1, 0.15) is 51.9 Å². The summed E-state index contributed by atoms with van der Waals surface area (Å²) in [6.45, 7) is 4.03. The second-order valence-corrected chi connectivity index (χ2v) is 5.17. The Hall–Kier alpha value is -0.0800. The third-order valence-corrected chi connectivity index (χ3v) is 3.80. The Kier molecular flexibility index (Phi) is 3.13. The molecule has 1 aliphatic carbocycles. The zero-order valence-corrected chi connectivity index (χ0v) is 9.34. The molecule has 1 heterocycles. The molecule has 0 unspecified atom stereocenters. The fourth-order valence-electron chi connectivity index (χ4n) is 3.04. The zero-order chi connectivity index (χ0) is 10.0. The lowest BCUT2D eigenvalue weighted by molar-refractivity contribution is -0.124. The Morgan fingerprint density at radius 1 is 1.21 bits per heavy atom. The second-order valence-electron chi connectivity index (χ2n) is 5.17. The van der Waals surface area contributed by atoms with Gasteiger partial charge >= 0.3 is 0 Å². The van der Waals surface area contributed by atoms with Crippen LogP contribution in [-0.4, -0.2) is 34.7 Å². The third kappa shape index (κ3) is 2.12. The van der Waals surface area contributed by atoms with E-state index < -0.39 is 0 Å². The van der Waals surface area contributed by atoms with E-state index in [4.69, 9.17) is 0 Å². The predicted octanol–water partition coefficient (Wildman–Crippen LogP) is 2.17. The van der Waals surface area contributed by atoms with E-state index in [1.165, 1.54) is 32.1 Å². The highest BCUT2D eigenvalue weighted by Crippen LogP contribution is 2.32. The summed E-state index contributed by atoms with van der Waals surface area (Å²) < 4.78 is 0. The van der Waals surface area contributed by atoms with E-state index in [2.05, 4.69) is 11.8 Å². The fourth-order valence-corrected chi connectivity index (χ4v) is 3.04. The van der Waals surface area contributed by atoms with Gasteiger partial charge in [0.15, 0.2) is 0 Å². The molecule has 2 heteroatoms. The average molecular weight is 197 g/mol. The molecule has 2 fully saturated rings. The molecule has 1 saturated heterocycles. The number of nitrogens with zero attached hydrogens (tertiary/aromatic N) is 1. The molecular formula is C12H23NO. The maximum absolute atomic E-state index is 10.1. The number of aliphatic hydroxyl groups is 1. The fraction of sp³-hybridized carbons (Fsp3) is 1.00. The van der Waals surface area contributed by atoms with Crippen LogP contribution in [0.3, 0.4) is 0 Å². The van der Waals surface area contributed by atoms with Gasteiger partial charge in [0.1, 0.15) is 0 Å².